The summed E-state index contributed by atoms with van der Waals surface area (Å²) >= 11 is 0. The molecule has 1 aliphatic carbocycles. The van der Waals surface area contributed by atoms with Gasteiger partial charge in [-0.25, -0.2) is 9.59 Å². The van der Waals surface area contributed by atoms with Crippen LogP contribution >= 0.6 is 0 Å². The van der Waals surface area contributed by atoms with Gasteiger partial charge in [0.05, 0.1) is 30.6 Å². The lowest BCUT2D eigenvalue weighted by molar-refractivity contribution is -0.157. The van der Waals surface area contributed by atoms with Crippen LogP contribution in [0.2, 0.25) is 0 Å². The van der Waals surface area contributed by atoms with Crippen LogP contribution in [-0.2, 0) is 14.3 Å². The highest BCUT2D eigenvalue weighted by atomic mass is 16.6. The summed E-state index contributed by atoms with van der Waals surface area (Å²) in [5.41, 5.74) is 0.612. The fourth-order valence-corrected chi connectivity index (χ4v) is 5.29. The van der Waals surface area contributed by atoms with Crippen molar-refractivity contribution in [3.05, 3.63) is 83.9 Å². The number of benzene rings is 3. The highest BCUT2D eigenvalue weighted by molar-refractivity contribution is 5.92. The van der Waals surface area contributed by atoms with E-state index >= 15 is 0 Å². The first kappa shape index (κ1) is 33.2. The van der Waals surface area contributed by atoms with Crippen molar-refractivity contribution >= 4 is 23.9 Å². The Kier molecular flexibility index (Phi) is 11.7. The van der Waals surface area contributed by atoms with E-state index in [0.29, 0.717) is 35.7 Å². The highest BCUT2D eigenvalue weighted by Crippen LogP contribution is 2.35. The summed E-state index contributed by atoms with van der Waals surface area (Å²) in [7, 11) is 0. The maximum absolute atomic E-state index is 12.6. The molecule has 4 rings (SSSR count). The molecular formula is C36H40O9. The summed E-state index contributed by atoms with van der Waals surface area (Å²) in [5.74, 6) is 0.605. The van der Waals surface area contributed by atoms with Gasteiger partial charge in [0.25, 0.3) is 0 Å². The zero-order valence-corrected chi connectivity index (χ0v) is 26.2. The highest BCUT2D eigenvalue weighted by Gasteiger charge is 2.33. The van der Waals surface area contributed by atoms with E-state index in [1.165, 1.54) is 48.5 Å². The van der Waals surface area contributed by atoms with Gasteiger partial charge in [0.2, 0.25) is 0 Å². The Balaban J connectivity index is 1.21. The molecule has 0 bridgehead atoms. The van der Waals surface area contributed by atoms with Crippen molar-refractivity contribution in [3.8, 4) is 23.0 Å². The molecular weight excluding hydrogens is 576 g/mol. The molecule has 0 N–H and O–H groups in total. The predicted molar refractivity (Wildman–Crippen MR) is 167 cm³/mol. The lowest BCUT2D eigenvalue weighted by atomic mass is 9.75. The van der Waals surface area contributed by atoms with Crippen molar-refractivity contribution in [2.75, 3.05) is 6.61 Å². The molecule has 3 aromatic rings. The largest absolute Gasteiger partial charge is 0.494 e. The molecule has 1 aliphatic rings. The van der Waals surface area contributed by atoms with Gasteiger partial charge in [-0.15, -0.1) is 0 Å². The average molecular weight is 617 g/mol. The second kappa shape index (κ2) is 15.9. The van der Waals surface area contributed by atoms with Crippen LogP contribution in [0.25, 0.3) is 0 Å². The first-order valence-electron chi connectivity index (χ1n) is 15.4. The summed E-state index contributed by atoms with van der Waals surface area (Å²) in [5, 5.41) is 0. The molecule has 0 aliphatic heterocycles. The predicted octanol–water partition coefficient (Wildman–Crippen LogP) is 7.21. The van der Waals surface area contributed by atoms with Crippen LogP contribution in [0.5, 0.6) is 23.0 Å². The van der Waals surface area contributed by atoms with Crippen LogP contribution in [0, 0.1) is 17.8 Å². The molecule has 238 valence electrons. The van der Waals surface area contributed by atoms with E-state index in [0.717, 1.165) is 19.3 Å². The Morgan fingerprint density at radius 3 is 1.64 bits per heavy atom. The molecule has 0 spiro atoms. The molecule has 3 unspecified atom stereocenters. The number of carbonyl (C=O) groups is 4. The molecule has 0 radical (unpaired) electrons. The normalized spacial score (nSPS) is 17.7. The number of rotatable bonds is 12. The molecule has 1 saturated carbocycles. The third kappa shape index (κ3) is 9.93. The molecule has 0 aromatic heterocycles. The van der Waals surface area contributed by atoms with Crippen LogP contribution in [-0.4, -0.2) is 36.6 Å². The minimum atomic E-state index is -0.619. The van der Waals surface area contributed by atoms with Crippen molar-refractivity contribution in [3.63, 3.8) is 0 Å². The van der Waals surface area contributed by atoms with Crippen LogP contribution in [0.1, 0.15) is 80.5 Å². The van der Waals surface area contributed by atoms with Crippen molar-refractivity contribution in [1.82, 2.24) is 0 Å². The summed E-state index contributed by atoms with van der Waals surface area (Å²) in [6, 6.07) is 18.6. The van der Waals surface area contributed by atoms with E-state index in [2.05, 4.69) is 20.8 Å². The van der Waals surface area contributed by atoms with E-state index in [-0.39, 0.29) is 41.8 Å². The minimum absolute atomic E-state index is 0.0570. The first-order valence-corrected chi connectivity index (χ1v) is 15.4. The number of esters is 4. The Labute approximate surface area is 263 Å². The summed E-state index contributed by atoms with van der Waals surface area (Å²) in [4.78, 5) is 49.8. The third-order valence-corrected chi connectivity index (χ3v) is 7.74. The van der Waals surface area contributed by atoms with Crippen molar-refractivity contribution in [1.29, 1.82) is 0 Å². The van der Waals surface area contributed by atoms with Crippen molar-refractivity contribution < 1.29 is 42.9 Å². The van der Waals surface area contributed by atoms with E-state index < -0.39 is 23.9 Å². The number of carbonyl (C=O) groups excluding carboxylic acids is 4. The minimum Gasteiger partial charge on any atom is -0.494 e. The van der Waals surface area contributed by atoms with Gasteiger partial charge in [0.15, 0.2) is 0 Å². The number of hydrogen-bond acceptors (Lipinski definition) is 9. The molecule has 9 nitrogen and oxygen atoms in total. The Bertz CT molecular complexity index is 1440. The molecule has 0 amide bonds. The zero-order valence-electron chi connectivity index (χ0n) is 26.2. The molecule has 45 heavy (non-hydrogen) atoms. The fraction of sp³-hybridized carbons (Fsp3) is 0.389. The third-order valence-electron chi connectivity index (χ3n) is 7.74. The van der Waals surface area contributed by atoms with Gasteiger partial charge in [-0.05, 0) is 110 Å². The van der Waals surface area contributed by atoms with Crippen molar-refractivity contribution in [2.24, 2.45) is 17.8 Å². The molecule has 1 fully saturated rings. The average Bonchev–Trinajstić information content (AvgIpc) is 3.02. The van der Waals surface area contributed by atoms with Gasteiger partial charge >= 0.3 is 23.9 Å². The van der Waals surface area contributed by atoms with Crippen molar-refractivity contribution in [2.45, 2.75) is 65.9 Å². The van der Waals surface area contributed by atoms with E-state index in [9.17, 15) is 19.2 Å². The van der Waals surface area contributed by atoms with Gasteiger partial charge in [0.1, 0.15) is 29.1 Å². The zero-order chi connectivity index (χ0) is 32.3. The van der Waals surface area contributed by atoms with Crippen LogP contribution < -0.4 is 18.9 Å². The molecule has 0 saturated heterocycles. The Morgan fingerprint density at radius 1 is 0.667 bits per heavy atom. The molecule has 3 atom stereocenters. The summed E-state index contributed by atoms with van der Waals surface area (Å²) in [6.07, 6.45) is 2.74. The van der Waals surface area contributed by atoms with Gasteiger partial charge in [-0.3, -0.25) is 9.59 Å². The quantitative estimate of drug-likeness (QED) is 0.154. The standard InChI is InChI=1S/C36H40O9/c1-5-41-27-11-7-25(8-12-27)35(39)43-29-15-17-30(18-16-29)44-36(40)26-9-13-28(14-10-26)42-33(37)20-21-34(38)45-32-22-24(4)6-19-31(32)23(2)3/h7-18,23-24,31-32H,5-6,19-22H2,1-4H3. The van der Waals surface area contributed by atoms with E-state index in [4.69, 9.17) is 23.7 Å². The van der Waals surface area contributed by atoms with E-state index in [1.807, 2.05) is 6.92 Å². The Morgan fingerprint density at radius 2 is 1.13 bits per heavy atom. The van der Waals surface area contributed by atoms with Crippen LogP contribution in [0.15, 0.2) is 72.8 Å². The maximum atomic E-state index is 12.6. The molecule has 9 heteroatoms. The Hall–Kier alpha value is -4.66. The summed E-state index contributed by atoms with van der Waals surface area (Å²) in [6.45, 7) is 8.87. The first-order chi connectivity index (χ1) is 21.6. The topological polar surface area (TPSA) is 114 Å². The SMILES string of the molecule is CCOc1ccc(C(=O)Oc2ccc(OC(=O)c3ccc(OC(=O)CCC(=O)OC4CC(C)CCC4C(C)C)cc3)cc2)cc1. The lowest BCUT2D eigenvalue weighted by Crippen LogP contribution is -2.36. The molecule has 0 heterocycles. The van der Waals surface area contributed by atoms with Gasteiger partial charge in [0, 0.05) is 0 Å². The van der Waals surface area contributed by atoms with Crippen LogP contribution in [0.4, 0.5) is 0 Å². The maximum Gasteiger partial charge on any atom is 0.343 e. The fourth-order valence-electron chi connectivity index (χ4n) is 5.29. The molecule has 3 aromatic carbocycles. The smallest absolute Gasteiger partial charge is 0.343 e. The van der Waals surface area contributed by atoms with E-state index in [1.54, 1.807) is 24.3 Å². The second-order valence-electron chi connectivity index (χ2n) is 11.6. The summed E-state index contributed by atoms with van der Waals surface area (Å²) < 4.78 is 27.3. The lowest BCUT2D eigenvalue weighted by Gasteiger charge is -2.36. The number of hydrogen-bond donors (Lipinski definition) is 0. The van der Waals surface area contributed by atoms with Crippen LogP contribution in [0.3, 0.4) is 0 Å². The van der Waals surface area contributed by atoms with Gasteiger partial charge in [-0.1, -0.05) is 27.2 Å². The number of ether oxygens (including phenoxy) is 5. The van der Waals surface area contributed by atoms with Gasteiger partial charge < -0.3 is 23.7 Å². The van der Waals surface area contributed by atoms with Gasteiger partial charge in [-0.2, -0.15) is 0 Å². The monoisotopic (exact) mass is 616 g/mol. The second-order valence-corrected chi connectivity index (χ2v) is 11.6.